The number of halogens is 2. The summed E-state index contributed by atoms with van der Waals surface area (Å²) < 4.78 is 29.0. The molecule has 76 valence electrons. The van der Waals surface area contributed by atoms with Crippen LogP contribution in [0.3, 0.4) is 0 Å². The second kappa shape index (κ2) is 4.17. The molecule has 0 aliphatic heterocycles. The zero-order valence-corrected chi connectivity index (χ0v) is 7.88. The lowest BCUT2D eigenvalue weighted by Crippen LogP contribution is -2.10. The molecule has 0 aliphatic rings. The number of hydrogen-bond donors (Lipinski definition) is 0. The standard InChI is InChI=1S/C10H10F2O2/c1-6-5-7(9(13)10(11)12)3-4-8(6)14-2/h3-5,10H,1-2H3. The summed E-state index contributed by atoms with van der Waals surface area (Å²) in [6, 6.07) is 4.23. The molecular weight excluding hydrogens is 190 g/mol. The zero-order chi connectivity index (χ0) is 10.7. The highest BCUT2D eigenvalue weighted by Gasteiger charge is 2.18. The van der Waals surface area contributed by atoms with E-state index in [-0.39, 0.29) is 5.56 Å². The first-order valence-corrected chi connectivity index (χ1v) is 4.03. The molecule has 0 unspecified atom stereocenters. The van der Waals surface area contributed by atoms with E-state index in [1.54, 1.807) is 6.92 Å². The highest BCUT2D eigenvalue weighted by molar-refractivity contribution is 5.98. The summed E-state index contributed by atoms with van der Waals surface area (Å²) in [5.41, 5.74) is 0.678. The van der Waals surface area contributed by atoms with Crippen LogP contribution in [0.1, 0.15) is 15.9 Å². The Hall–Kier alpha value is -1.45. The van der Waals surface area contributed by atoms with Gasteiger partial charge in [-0.1, -0.05) is 0 Å². The van der Waals surface area contributed by atoms with Crippen LogP contribution in [-0.4, -0.2) is 19.3 Å². The minimum absolute atomic E-state index is 0.0123. The number of hydrogen-bond acceptors (Lipinski definition) is 2. The summed E-state index contributed by atoms with van der Waals surface area (Å²) in [6.07, 6.45) is -2.96. The Balaban J connectivity index is 3.03. The van der Waals surface area contributed by atoms with Gasteiger partial charge in [-0.15, -0.1) is 0 Å². The number of aryl methyl sites for hydroxylation is 1. The van der Waals surface area contributed by atoms with E-state index in [1.807, 2.05) is 0 Å². The average molecular weight is 200 g/mol. The van der Waals surface area contributed by atoms with Gasteiger partial charge in [0.05, 0.1) is 7.11 Å². The van der Waals surface area contributed by atoms with Crippen LogP contribution in [0, 0.1) is 6.92 Å². The van der Waals surface area contributed by atoms with E-state index in [0.29, 0.717) is 11.3 Å². The first-order valence-electron chi connectivity index (χ1n) is 4.03. The summed E-state index contributed by atoms with van der Waals surface area (Å²) in [5, 5.41) is 0. The molecular formula is C10H10F2O2. The number of carbonyl (C=O) groups is 1. The molecule has 0 radical (unpaired) electrons. The van der Waals surface area contributed by atoms with Gasteiger partial charge >= 0.3 is 6.43 Å². The van der Waals surface area contributed by atoms with Crippen LogP contribution in [0.5, 0.6) is 5.75 Å². The molecule has 0 fully saturated rings. The lowest BCUT2D eigenvalue weighted by molar-refractivity contribution is 0.0678. The number of methoxy groups -OCH3 is 1. The number of benzene rings is 1. The maximum atomic E-state index is 12.0. The molecule has 0 aromatic heterocycles. The topological polar surface area (TPSA) is 26.3 Å². The van der Waals surface area contributed by atoms with Gasteiger partial charge in [-0.05, 0) is 30.7 Å². The molecule has 1 aromatic rings. The molecule has 0 atom stereocenters. The zero-order valence-electron chi connectivity index (χ0n) is 7.88. The third kappa shape index (κ3) is 2.07. The van der Waals surface area contributed by atoms with Crippen LogP contribution in [0.2, 0.25) is 0 Å². The lowest BCUT2D eigenvalue weighted by atomic mass is 10.1. The number of alkyl halides is 2. The van der Waals surface area contributed by atoms with Gasteiger partial charge in [0, 0.05) is 5.56 Å². The molecule has 0 saturated heterocycles. The maximum Gasteiger partial charge on any atom is 0.300 e. The smallest absolute Gasteiger partial charge is 0.300 e. The van der Waals surface area contributed by atoms with Gasteiger partial charge in [0.2, 0.25) is 5.78 Å². The Morgan fingerprint density at radius 2 is 2.07 bits per heavy atom. The Morgan fingerprint density at radius 1 is 1.43 bits per heavy atom. The van der Waals surface area contributed by atoms with Crippen molar-refractivity contribution in [2.45, 2.75) is 13.3 Å². The second-order valence-electron chi connectivity index (χ2n) is 2.85. The van der Waals surface area contributed by atoms with Crippen molar-refractivity contribution in [3.05, 3.63) is 29.3 Å². The van der Waals surface area contributed by atoms with E-state index in [2.05, 4.69) is 0 Å². The van der Waals surface area contributed by atoms with Crippen LogP contribution in [0.15, 0.2) is 18.2 Å². The minimum Gasteiger partial charge on any atom is -0.496 e. The van der Waals surface area contributed by atoms with Gasteiger partial charge in [-0.25, -0.2) is 8.78 Å². The van der Waals surface area contributed by atoms with Crippen LogP contribution in [-0.2, 0) is 0 Å². The molecule has 2 nitrogen and oxygen atoms in total. The van der Waals surface area contributed by atoms with Gasteiger partial charge < -0.3 is 4.74 Å². The third-order valence-electron chi connectivity index (χ3n) is 1.88. The number of ketones is 1. The number of carbonyl (C=O) groups excluding carboxylic acids is 1. The summed E-state index contributed by atoms with van der Waals surface area (Å²) >= 11 is 0. The minimum atomic E-state index is -2.96. The van der Waals surface area contributed by atoms with E-state index < -0.39 is 12.2 Å². The molecule has 0 aliphatic carbocycles. The molecule has 0 saturated carbocycles. The third-order valence-corrected chi connectivity index (χ3v) is 1.88. The van der Waals surface area contributed by atoms with Gasteiger partial charge in [0.1, 0.15) is 5.75 Å². The average Bonchev–Trinajstić information content (AvgIpc) is 2.16. The Kier molecular flexibility index (Phi) is 3.17. The Labute approximate surface area is 80.5 Å². The SMILES string of the molecule is COc1ccc(C(=O)C(F)F)cc1C. The Morgan fingerprint density at radius 3 is 2.50 bits per heavy atom. The fourth-order valence-corrected chi connectivity index (χ4v) is 1.16. The fraction of sp³-hybridized carbons (Fsp3) is 0.300. The fourth-order valence-electron chi connectivity index (χ4n) is 1.16. The monoisotopic (exact) mass is 200 g/mol. The van der Waals surface area contributed by atoms with Crippen molar-refractivity contribution >= 4 is 5.78 Å². The highest BCUT2D eigenvalue weighted by Crippen LogP contribution is 2.19. The van der Waals surface area contributed by atoms with Gasteiger partial charge in [-0.3, -0.25) is 4.79 Å². The first-order chi connectivity index (χ1) is 6.56. The van der Waals surface area contributed by atoms with E-state index in [1.165, 1.54) is 25.3 Å². The summed E-state index contributed by atoms with van der Waals surface area (Å²) in [6.45, 7) is 1.70. The van der Waals surface area contributed by atoms with E-state index >= 15 is 0 Å². The second-order valence-corrected chi connectivity index (χ2v) is 2.85. The van der Waals surface area contributed by atoms with Crippen LogP contribution in [0.25, 0.3) is 0 Å². The van der Waals surface area contributed by atoms with Crippen molar-refractivity contribution in [2.24, 2.45) is 0 Å². The molecule has 0 heterocycles. The molecule has 14 heavy (non-hydrogen) atoms. The molecule has 1 aromatic carbocycles. The quantitative estimate of drug-likeness (QED) is 0.700. The number of rotatable bonds is 3. The van der Waals surface area contributed by atoms with Gasteiger partial charge in [0.15, 0.2) is 0 Å². The van der Waals surface area contributed by atoms with Gasteiger partial charge in [-0.2, -0.15) is 0 Å². The van der Waals surface area contributed by atoms with Crippen molar-refractivity contribution in [2.75, 3.05) is 7.11 Å². The summed E-state index contributed by atoms with van der Waals surface area (Å²) in [7, 11) is 1.48. The molecule has 0 spiro atoms. The molecule has 1 rings (SSSR count). The Bertz CT molecular complexity index is 348. The van der Waals surface area contributed by atoms with Gasteiger partial charge in [0.25, 0.3) is 0 Å². The highest BCUT2D eigenvalue weighted by atomic mass is 19.3. The number of ether oxygens (including phenoxy) is 1. The predicted molar refractivity (Wildman–Crippen MR) is 48.1 cm³/mol. The normalized spacial score (nSPS) is 10.4. The molecule has 0 bridgehead atoms. The first kappa shape index (κ1) is 10.6. The van der Waals surface area contributed by atoms with Crippen molar-refractivity contribution in [3.8, 4) is 5.75 Å². The van der Waals surface area contributed by atoms with Crippen LogP contribution < -0.4 is 4.74 Å². The summed E-state index contributed by atoms with van der Waals surface area (Å²) in [4.78, 5) is 10.9. The molecule has 4 heteroatoms. The number of Topliss-reactive ketones (excluding diaryl/α,β-unsaturated/α-hetero) is 1. The van der Waals surface area contributed by atoms with Crippen molar-refractivity contribution < 1.29 is 18.3 Å². The van der Waals surface area contributed by atoms with E-state index in [9.17, 15) is 13.6 Å². The van der Waals surface area contributed by atoms with E-state index in [0.717, 1.165) is 0 Å². The van der Waals surface area contributed by atoms with Crippen LogP contribution in [0.4, 0.5) is 8.78 Å². The van der Waals surface area contributed by atoms with Crippen molar-refractivity contribution in [1.82, 2.24) is 0 Å². The predicted octanol–water partition coefficient (Wildman–Crippen LogP) is 2.45. The molecule has 0 amide bonds. The molecule has 0 N–H and O–H groups in total. The van der Waals surface area contributed by atoms with Crippen molar-refractivity contribution in [3.63, 3.8) is 0 Å². The lowest BCUT2D eigenvalue weighted by Gasteiger charge is -2.06. The largest absolute Gasteiger partial charge is 0.496 e. The summed E-state index contributed by atoms with van der Waals surface area (Å²) in [5.74, 6) is -0.577. The van der Waals surface area contributed by atoms with Crippen molar-refractivity contribution in [1.29, 1.82) is 0 Å². The van der Waals surface area contributed by atoms with E-state index in [4.69, 9.17) is 4.74 Å². The van der Waals surface area contributed by atoms with Crippen LogP contribution >= 0.6 is 0 Å². The maximum absolute atomic E-state index is 12.0.